The maximum atomic E-state index is 12.1. The molecule has 1 heterocycles. The van der Waals surface area contributed by atoms with Gasteiger partial charge in [0.2, 0.25) is 11.4 Å². The summed E-state index contributed by atoms with van der Waals surface area (Å²) < 4.78 is 1.59. The molecule has 2 aromatic carbocycles. The zero-order chi connectivity index (χ0) is 44.6. The third-order valence-corrected chi connectivity index (χ3v) is 12.7. The summed E-state index contributed by atoms with van der Waals surface area (Å²) in [5, 5.41) is 14.0. The number of rotatable bonds is 37. The second-order valence-corrected chi connectivity index (χ2v) is 17.9. The second kappa shape index (κ2) is 42.9. The van der Waals surface area contributed by atoms with E-state index in [1.807, 2.05) is 0 Å². The van der Waals surface area contributed by atoms with Crippen molar-refractivity contribution in [2.24, 2.45) is 0 Å². The number of aliphatic hydroxyl groups excluding tert-OH is 2. The summed E-state index contributed by atoms with van der Waals surface area (Å²) in [6.07, 6.45) is 46.8. The van der Waals surface area contributed by atoms with Gasteiger partial charge in [-0.25, -0.2) is 4.70 Å². The molecule has 0 saturated heterocycles. The van der Waals surface area contributed by atoms with E-state index in [0.29, 0.717) is 0 Å². The third kappa shape index (κ3) is 26.0. The van der Waals surface area contributed by atoms with Crippen LogP contribution >= 0.6 is 0 Å². The van der Waals surface area contributed by atoms with Crippen molar-refractivity contribution >= 4 is 11.4 Å². The minimum absolute atomic E-state index is 0. The van der Waals surface area contributed by atoms with Crippen molar-refractivity contribution in [2.45, 2.75) is 252 Å². The number of benzene rings is 2. The summed E-state index contributed by atoms with van der Waals surface area (Å²) in [4.78, 5) is 0. The van der Waals surface area contributed by atoms with E-state index >= 15 is 0 Å². The molecule has 0 fully saturated rings. The maximum Gasteiger partial charge on any atom is 0.211 e. The monoisotopic (exact) mass is 901 g/mol. The van der Waals surface area contributed by atoms with Gasteiger partial charge in [0.25, 0.3) is 0 Å². The Balaban J connectivity index is 0.00000722. The van der Waals surface area contributed by atoms with E-state index in [-0.39, 0.29) is 16.5 Å². The third-order valence-electron chi connectivity index (χ3n) is 12.7. The van der Waals surface area contributed by atoms with Crippen molar-refractivity contribution in [3.8, 4) is 0 Å². The summed E-state index contributed by atoms with van der Waals surface area (Å²) in [6.45, 7) is 9.13. The first-order valence-corrected chi connectivity index (χ1v) is 26.2. The number of hydrogen-bond acceptors (Lipinski definition) is 2. The van der Waals surface area contributed by atoms with Gasteiger partial charge in [0.1, 0.15) is 0 Å². The van der Waals surface area contributed by atoms with Crippen LogP contribution in [0.25, 0.3) is 16.9 Å². The van der Waals surface area contributed by atoms with E-state index in [1.54, 1.807) is 4.70 Å². The molecule has 0 spiro atoms. The van der Waals surface area contributed by atoms with Crippen molar-refractivity contribution in [1.29, 1.82) is 0 Å². The van der Waals surface area contributed by atoms with Crippen molar-refractivity contribution in [2.75, 3.05) is 14.2 Å². The molecule has 0 aromatic heterocycles. The van der Waals surface area contributed by atoms with E-state index < -0.39 is 0 Å². The van der Waals surface area contributed by atoms with E-state index in [0.717, 1.165) is 56.9 Å². The predicted molar refractivity (Wildman–Crippen MR) is 269 cm³/mol. The minimum Gasteiger partial charge on any atom is -0.493 e. The Labute approximate surface area is 395 Å². The van der Waals surface area contributed by atoms with Crippen LogP contribution in [0.2, 0.25) is 0 Å². The van der Waals surface area contributed by atoms with Crippen LogP contribution in [0.5, 0.6) is 0 Å². The number of aliphatic hydroxyl groups is 2. The molecular formula is C57H98N2NiO2. The van der Waals surface area contributed by atoms with Crippen LogP contribution in [0.3, 0.4) is 0 Å². The Kier molecular flexibility index (Phi) is 41.4. The van der Waals surface area contributed by atoms with E-state index in [1.165, 1.54) is 227 Å². The number of nitrogens with zero attached hydrogens (tertiary/aromatic N) is 2. The molecule has 0 amide bonds. The SMILES string of the molecule is CCCCCCCCCCCCCCCCCCCCCCCCCCC1=C(c2cccc(CCCC)c2)[N+](=[N-])C(c2ccc(CCCC)cc2)=C1CCCCC.CO.CO.[Ni]. The first kappa shape index (κ1) is 59.9. The molecule has 0 bridgehead atoms. The van der Waals surface area contributed by atoms with Crippen molar-refractivity contribution in [3.05, 3.63) is 87.5 Å². The van der Waals surface area contributed by atoms with Crippen LogP contribution < -0.4 is 0 Å². The Morgan fingerprint density at radius 1 is 0.355 bits per heavy atom. The van der Waals surface area contributed by atoms with Crippen LogP contribution in [-0.2, 0) is 29.3 Å². The predicted octanol–water partition coefficient (Wildman–Crippen LogP) is 18.1. The van der Waals surface area contributed by atoms with Crippen molar-refractivity contribution in [1.82, 2.24) is 0 Å². The van der Waals surface area contributed by atoms with Gasteiger partial charge in [0.05, 0.1) is 0 Å². The van der Waals surface area contributed by atoms with Gasteiger partial charge >= 0.3 is 0 Å². The van der Waals surface area contributed by atoms with Gasteiger partial charge in [-0.05, 0) is 86.8 Å². The summed E-state index contributed by atoms with van der Waals surface area (Å²) in [5.74, 6) is 0. The van der Waals surface area contributed by atoms with Crippen LogP contribution in [0.15, 0.2) is 59.7 Å². The smallest absolute Gasteiger partial charge is 0.211 e. The average molecular weight is 902 g/mol. The molecule has 0 atom stereocenters. The summed E-state index contributed by atoms with van der Waals surface area (Å²) >= 11 is 0. The van der Waals surface area contributed by atoms with Crippen LogP contribution in [0.1, 0.15) is 262 Å². The fourth-order valence-electron chi connectivity index (χ4n) is 9.07. The van der Waals surface area contributed by atoms with E-state index in [9.17, 15) is 5.53 Å². The van der Waals surface area contributed by atoms with Gasteiger partial charge in [-0.2, -0.15) is 0 Å². The van der Waals surface area contributed by atoms with Crippen molar-refractivity contribution in [3.63, 3.8) is 0 Å². The molecule has 2 aromatic rings. The standard InChI is InChI=1S/C55H90N2.2CH4O.Ni/c1-5-9-13-14-15-16-17-18-19-20-21-22-23-24-25-26-27-28-29-30-31-32-33-35-42-53-52(41-34-10-6-2)54(50-45-43-48(44-46-50)37-11-7-3)57(56)55(53)51-40-36-39-49(47-51)38-12-8-4;2*1-2;/h36,39-40,43-47H,5-35,37-38,41-42H2,1-4H3;2*2H,1H3;. The largest absolute Gasteiger partial charge is 0.493 e. The molecular weight excluding hydrogens is 803 g/mol. The second-order valence-electron chi connectivity index (χ2n) is 17.9. The molecule has 358 valence electrons. The number of hydrogen-bond donors (Lipinski definition) is 2. The van der Waals surface area contributed by atoms with Crippen LogP contribution in [-0.4, -0.2) is 29.1 Å². The first-order chi connectivity index (χ1) is 30.1. The van der Waals surface area contributed by atoms with Crippen LogP contribution in [0.4, 0.5) is 0 Å². The first-order valence-electron chi connectivity index (χ1n) is 26.2. The number of aryl methyl sites for hydroxylation is 2. The molecule has 3 rings (SSSR count). The summed E-state index contributed by atoms with van der Waals surface area (Å²) in [7, 11) is 2.00. The van der Waals surface area contributed by atoms with Gasteiger partial charge in [-0.3, -0.25) is 0 Å². The van der Waals surface area contributed by atoms with Gasteiger partial charge in [-0.15, -0.1) is 0 Å². The summed E-state index contributed by atoms with van der Waals surface area (Å²) in [6, 6.07) is 18.2. The molecule has 0 aliphatic carbocycles. The Morgan fingerprint density at radius 3 is 1.08 bits per heavy atom. The molecule has 1 aliphatic rings. The van der Waals surface area contributed by atoms with E-state index in [2.05, 4.69) is 76.2 Å². The normalized spacial score (nSPS) is 12.3. The van der Waals surface area contributed by atoms with Gasteiger partial charge in [0.15, 0.2) is 0 Å². The molecule has 0 unspecified atom stereocenters. The minimum atomic E-state index is 0. The zero-order valence-electron chi connectivity index (χ0n) is 41.5. The van der Waals surface area contributed by atoms with Gasteiger partial charge < -0.3 is 15.7 Å². The maximum absolute atomic E-state index is 12.1. The Bertz CT molecular complexity index is 1400. The molecule has 5 heteroatoms. The van der Waals surface area contributed by atoms with Gasteiger partial charge in [-0.1, -0.05) is 225 Å². The Morgan fingerprint density at radius 2 is 0.677 bits per heavy atom. The topological polar surface area (TPSA) is 65.8 Å². The molecule has 1 aliphatic heterocycles. The van der Waals surface area contributed by atoms with Crippen LogP contribution in [0, 0.1) is 0 Å². The fraction of sp³-hybridized carbons (Fsp3) is 0.719. The average Bonchev–Trinajstić information content (AvgIpc) is 3.57. The number of unbranched alkanes of at least 4 members (excludes halogenated alkanes) is 27. The zero-order valence-corrected chi connectivity index (χ0v) is 42.5. The van der Waals surface area contributed by atoms with Gasteiger partial charge in [0, 0.05) is 53.0 Å². The molecule has 4 nitrogen and oxygen atoms in total. The van der Waals surface area contributed by atoms with E-state index in [4.69, 9.17) is 10.2 Å². The Hall–Kier alpha value is -2.07. The summed E-state index contributed by atoms with van der Waals surface area (Å²) in [5.41, 5.74) is 22.1. The number of allylic oxidation sites excluding steroid dienone is 2. The molecule has 0 radical (unpaired) electrons. The molecule has 2 N–H and O–H groups in total. The quantitative estimate of drug-likeness (QED) is 0.0403. The van der Waals surface area contributed by atoms with Crippen molar-refractivity contribution < 1.29 is 31.4 Å². The molecule has 0 saturated carbocycles. The fourth-order valence-corrected chi connectivity index (χ4v) is 9.07. The molecule has 62 heavy (non-hydrogen) atoms.